The summed E-state index contributed by atoms with van der Waals surface area (Å²) in [5.41, 5.74) is 0.268. The Morgan fingerprint density at radius 3 is 2.67 bits per heavy atom. The number of hydrogen-bond acceptors (Lipinski definition) is 4. The molecule has 0 aliphatic carbocycles. The Hall–Kier alpha value is -1.20. The third-order valence-electron chi connectivity index (χ3n) is 3.82. The molecule has 1 aliphatic rings. The molecule has 1 aromatic heterocycles. The molecule has 0 saturated carbocycles. The van der Waals surface area contributed by atoms with Gasteiger partial charge < -0.3 is 5.32 Å². The first-order valence-electron chi connectivity index (χ1n) is 7.53. The molecule has 1 atom stereocenters. The number of amides is 1. The van der Waals surface area contributed by atoms with Crippen LogP contribution < -0.4 is 5.32 Å². The fourth-order valence-corrected chi connectivity index (χ4v) is 2.63. The van der Waals surface area contributed by atoms with Crippen molar-refractivity contribution in [3.05, 3.63) is 22.7 Å². The van der Waals surface area contributed by atoms with Crippen LogP contribution in [0.15, 0.2) is 6.20 Å². The third kappa shape index (κ3) is 4.14. The molecule has 5 nitrogen and oxygen atoms in total. The van der Waals surface area contributed by atoms with E-state index in [4.69, 9.17) is 11.6 Å². The van der Waals surface area contributed by atoms with Crippen LogP contribution in [0.5, 0.6) is 0 Å². The Morgan fingerprint density at radius 2 is 2.05 bits per heavy atom. The highest BCUT2D eigenvalue weighted by molar-refractivity contribution is 6.33. The molecular weight excluding hydrogens is 288 g/mol. The number of aromatic nitrogens is 2. The molecule has 0 spiro atoms. The first kappa shape index (κ1) is 16.2. The molecule has 1 N–H and O–H groups in total. The summed E-state index contributed by atoms with van der Waals surface area (Å²) in [6, 6.07) is 0.335. The smallest absolute Gasteiger partial charge is 0.271 e. The van der Waals surface area contributed by atoms with Crippen LogP contribution in [0.25, 0.3) is 0 Å². The topological polar surface area (TPSA) is 58.1 Å². The van der Waals surface area contributed by atoms with Crippen molar-refractivity contribution in [1.82, 2.24) is 20.2 Å². The normalized spacial score (nSPS) is 17.2. The van der Waals surface area contributed by atoms with Gasteiger partial charge in [0.05, 0.1) is 11.2 Å². The van der Waals surface area contributed by atoms with Gasteiger partial charge in [-0.15, -0.1) is 0 Å². The van der Waals surface area contributed by atoms with Crippen molar-refractivity contribution < 1.29 is 4.79 Å². The summed E-state index contributed by atoms with van der Waals surface area (Å²) in [7, 11) is 0. The first-order chi connectivity index (χ1) is 9.99. The summed E-state index contributed by atoms with van der Waals surface area (Å²) in [6.45, 7) is 8.94. The van der Waals surface area contributed by atoms with Crippen LogP contribution in [0.1, 0.15) is 55.8 Å². The van der Waals surface area contributed by atoms with Crippen molar-refractivity contribution in [3.8, 4) is 0 Å². The van der Waals surface area contributed by atoms with Gasteiger partial charge in [-0.2, -0.15) is 0 Å². The van der Waals surface area contributed by atoms with E-state index in [1.807, 2.05) is 13.8 Å². The summed E-state index contributed by atoms with van der Waals surface area (Å²) in [5.74, 6) is 0.574. The number of hydrogen-bond donors (Lipinski definition) is 1. The highest BCUT2D eigenvalue weighted by Gasteiger charge is 2.20. The van der Waals surface area contributed by atoms with E-state index in [9.17, 15) is 4.79 Å². The molecule has 1 amide bonds. The maximum atomic E-state index is 12.3. The van der Waals surface area contributed by atoms with E-state index in [1.165, 1.54) is 19.0 Å². The summed E-state index contributed by atoms with van der Waals surface area (Å²) in [5, 5.41) is 3.22. The fraction of sp³-hybridized carbons (Fsp3) is 0.667. The second-order valence-corrected chi connectivity index (χ2v) is 6.29. The van der Waals surface area contributed by atoms with Gasteiger partial charge in [-0.3, -0.25) is 9.69 Å². The van der Waals surface area contributed by atoms with Crippen molar-refractivity contribution in [2.24, 2.45) is 0 Å². The van der Waals surface area contributed by atoms with Gasteiger partial charge in [0.2, 0.25) is 0 Å². The largest absolute Gasteiger partial charge is 0.349 e. The minimum Gasteiger partial charge on any atom is -0.349 e. The average molecular weight is 311 g/mol. The number of halogens is 1. The van der Waals surface area contributed by atoms with Crippen LogP contribution in [-0.2, 0) is 0 Å². The molecule has 1 saturated heterocycles. The average Bonchev–Trinajstić information content (AvgIpc) is 2.98. The van der Waals surface area contributed by atoms with Crippen molar-refractivity contribution in [1.29, 1.82) is 0 Å². The molecular formula is C15H23ClN4O. The van der Waals surface area contributed by atoms with Crippen LogP contribution >= 0.6 is 11.6 Å². The summed E-state index contributed by atoms with van der Waals surface area (Å²) >= 11 is 6.04. The summed E-state index contributed by atoms with van der Waals surface area (Å²) in [6.07, 6.45) is 3.99. The molecule has 0 aromatic carbocycles. The maximum absolute atomic E-state index is 12.3. The molecule has 2 rings (SSSR count). The van der Waals surface area contributed by atoms with E-state index < -0.39 is 0 Å². The van der Waals surface area contributed by atoms with Crippen LogP contribution in [0.4, 0.5) is 0 Å². The van der Waals surface area contributed by atoms with E-state index in [1.54, 1.807) is 0 Å². The zero-order valence-corrected chi connectivity index (χ0v) is 13.7. The predicted molar refractivity (Wildman–Crippen MR) is 83.7 cm³/mol. The number of likely N-dealkylation sites (tertiary alicyclic amines) is 1. The minimum absolute atomic E-state index is 0.164. The van der Waals surface area contributed by atoms with Crippen molar-refractivity contribution >= 4 is 17.5 Å². The molecule has 0 radical (unpaired) electrons. The van der Waals surface area contributed by atoms with Gasteiger partial charge in [-0.1, -0.05) is 25.4 Å². The van der Waals surface area contributed by atoms with Gasteiger partial charge in [-0.25, -0.2) is 9.97 Å². The lowest BCUT2D eigenvalue weighted by molar-refractivity contribution is 0.0935. The Labute approximate surface area is 131 Å². The van der Waals surface area contributed by atoms with E-state index in [-0.39, 0.29) is 17.5 Å². The second-order valence-electron chi connectivity index (χ2n) is 5.88. The SMILES string of the molecule is CC(C)c1ncc(Cl)c(C(=O)NCC(C)N2CCCC2)n1. The molecule has 1 fully saturated rings. The quantitative estimate of drug-likeness (QED) is 0.907. The van der Waals surface area contributed by atoms with Crippen LogP contribution in [-0.4, -0.2) is 46.5 Å². The standard InChI is InChI=1S/C15H23ClN4O/c1-10(2)14-17-9-12(16)13(19-14)15(21)18-8-11(3)20-6-4-5-7-20/h9-11H,4-8H2,1-3H3,(H,18,21). The highest BCUT2D eigenvalue weighted by atomic mass is 35.5. The molecule has 1 aliphatic heterocycles. The van der Waals surface area contributed by atoms with Gasteiger partial charge in [0.15, 0.2) is 0 Å². The van der Waals surface area contributed by atoms with E-state index in [0.717, 1.165) is 13.1 Å². The Balaban J connectivity index is 1.97. The van der Waals surface area contributed by atoms with Crippen LogP contribution in [0.3, 0.4) is 0 Å². The number of nitrogens with one attached hydrogen (secondary N) is 1. The maximum Gasteiger partial charge on any atom is 0.271 e. The van der Waals surface area contributed by atoms with E-state index in [0.29, 0.717) is 23.4 Å². The monoisotopic (exact) mass is 310 g/mol. The van der Waals surface area contributed by atoms with E-state index >= 15 is 0 Å². The summed E-state index contributed by atoms with van der Waals surface area (Å²) in [4.78, 5) is 23.1. The number of nitrogens with zero attached hydrogens (tertiary/aromatic N) is 3. The number of rotatable bonds is 5. The lowest BCUT2D eigenvalue weighted by Gasteiger charge is -2.23. The van der Waals surface area contributed by atoms with Gasteiger partial charge >= 0.3 is 0 Å². The van der Waals surface area contributed by atoms with E-state index in [2.05, 4.69) is 27.1 Å². The van der Waals surface area contributed by atoms with Gasteiger partial charge in [0.1, 0.15) is 11.5 Å². The van der Waals surface area contributed by atoms with Crippen molar-refractivity contribution in [2.45, 2.75) is 45.6 Å². The van der Waals surface area contributed by atoms with Gasteiger partial charge in [0.25, 0.3) is 5.91 Å². The Kier molecular flexibility index (Phi) is 5.53. The lowest BCUT2D eigenvalue weighted by Crippen LogP contribution is -2.41. The Bertz CT molecular complexity index is 500. The Morgan fingerprint density at radius 1 is 1.38 bits per heavy atom. The molecule has 0 bridgehead atoms. The first-order valence-corrected chi connectivity index (χ1v) is 7.91. The number of carbonyl (C=O) groups is 1. The highest BCUT2D eigenvalue weighted by Crippen LogP contribution is 2.16. The van der Waals surface area contributed by atoms with Crippen LogP contribution in [0.2, 0.25) is 5.02 Å². The van der Waals surface area contributed by atoms with Crippen LogP contribution in [0, 0.1) is 0 Å². The zero-order chi connectivity index (χ0) is 15.4. The molecule has 116 valence electrons. The third-order valence-corrected chi connectivity index (χ3v) is 4.09. The molecule has 1 unspecified atom stereocenters. The summed E-state index contributed by atoms with van der Waals surface area (Å²) < 4.78 is 0. The van der Waals surface area contributed by atoms with Gasteiger partial charge in [-0.05, 0) is 32.9 Å². The van der Waals surface area contributed by atoms with Crippen molar-refractivity contribution in [2.75, 3.05) is 19.6 Å². The minimum atomic E-state index is -0.227. The predicted octanol–water partition coefficient (Wildman–Crippen LogP) is 2.47. The molecule has 1 aromatic rings. The van der Waals surface area contributed by atoms with Gasteiger partial charge in [0, 0.05) is 18.5 Å². The molecule has 21 heavy (non-hydrogen) atoms. The van der Waals surface area contributed by atoms with Crippen molar-refractivity contribution in [3.63, 3.8) is 0 Å². The number of carbonyl (C=O) groups excluding carboxylic acids is 1. The molecule has 6 heteroatoms. The fourth-order valence-electron chi connectivity index (χ4n) is 2.45. The second kappa shape index (κ2) is 7.18. The lowest BCUT2D eigenvalue weighted by atomic mass is 10.2. The molecule has 2 heterocycles. The zero-order valence-electron chi connectivity index (χ0n) is 12.9.